The molecule has 0 aliphatic heterocycles. The summed E-state index contributed by atoms with van der Waals surface area (Å²) in [7, 11) is 3.33. The van der Waals surface area contributed by atoms with Gasteiger partial charge in [0.15, 0.2) is 11.0 Å². The minimum absolute atomic E-state index is 0.166. The first-order chi connectivity index (χ1) is 16.1. The highest BCUT2D eigenvalue weighted by molar-refractivity contribution is 7.99. The van der Waals surface area contributed by atoms with E-state index in [2.05, 4.69) is 20.9 Å². The van der Waals surface area contributed by atoms with Gasteiger partial charge in [-0.3, -0.25) is 4.79 Å². The van der Waals surface area contributed by atoms with Gasteiger partial charge >= 0.3 is 5.97 Å². The number of thioether (sulfide) groups is 1. The number of hydrogen-bond acceptors (Lipinski definition) is 8. The number of ether oxygens (including phenoxy) is 1. The molecule has 1 amide bonds. The third-order valence-electron chi connectivity index (χ3n) is 6.28. The number of methoxy groups -OCH3 is 1. The van der Waals surface area contributed by atoms with Crippen molar-refractivity contribution in [3.05, 3.63) is 31.8 Å². The number of anilines is 1. The quantitative estimate of drug-likeness (QED) is 0.382. The Hall–Kier alpha value is -2.17. The average molecular weight is 503 g/mol. The summed E-state index contributed by atoms with van der Waals surface area (Å²) in [6.45, 7) is 0. The number of rotatable bonds is 6. The van der Waals surface area contributed by atoms with Crippen LogP contribution in [0.25, 0.3) is 11.4 Å². The molecule has 0 saturated heterocycles. The zero-order chi connectivity index (χ0) is 22.9. The maximum Gasteiger partial charge on any atom is 0.341 e. The predicted molar refractivity (Wildman–Crippen MR) is 133 cm³/mol. The zero-order valence-electron chi connectivity index (χ0n) is 18.7. The molecule has 0 saturated carbocycles. The molecule has 0 spiro atoms. The van der Waals surface area contributed by atoms with Crippen LogP contribution in [-0.4, -0.2) is 39.5 Å². The van der Waals surface area contributed by atoms with Crippen LogP contribution in [0.15, 0.2) is 10.5 Å². The summed E-state index contributed by atoms with van der Waals surface area (Å²) in [6, 6.07) is 0. The summed E-state index contributed by atoms with van der Waals surface area (Å²) < 4.78 is 6.97. The molecule has 5 rings (SSSR count). The topological polar surface area (TPSA) is 86.1 Å². The molecule has 3 aromatic rings. The Morgan fingerprint density at radius 1 is 1.09 bits per heavy atom. The number of thiophene rings is 2. The standard InChI is InChI=1S/C23H26N4O3S3/c1-27-20(15-11-31-16-9-5-3-7-13(15)16)25-26-23(27)32-12-18(28)24-21-19(22(29)30-2)14-8-4-6-10-17(14)33-21/h11H,3-10,12H2,1-2H3,(H,24,28). The van der Waals surface area contributed by atoms with Crippen LogP contribution in [0.5, 0.6) is 0 Å². The molecular weight excluding hydrogens is 476 g/mol. The van der Waals surface area contributed by atoms with Crippen molar-refractivity contribution in [1.82, 2.24) is 14.8 Å². The van der Waals surface area contributed by atoms with E-state index in [-0.39, 0.29) is 17.6 Å². The number of carbonyl (C=O) groups excluding carboxylic acids is 2. The van der Waals surface area contributed by atoms with Gasteiger partial charge in [-0.2, -0.15) is 0 Å². The molecule has 3 heterocycles. The highest BCUT2D eigenvalue weighted by Gasteiger charge is 2.27. The predicted octanol–water partition coefficient (Wildman–Crippen LogP) is 4.88. The molecule has 1 N–H and O–H groups in total. The number of nitrogens with one attached hydrogen (secondary N) is 1. The number of nitrogens with zero attached hydrogens (tertiary/aromatic N) is 3. The molecule has 0 fully saturated rings. The first kappa shape index (κ1) is 22.6. The number of esters is 1. The first-order valence-electron chi connectivity index (χ1n) is 11.2. The smallest absolute Gasteiger partial charge is 0.341 e. The van der Waals surface area contributed by atoms with Crippen molar-refractivity contribution in [3.63, 3.8) is 0 Å². The molecule has 33 heavy (non-hydrogen) atoms. The van der Waals surface area contributed by atoms with Crippen LogP contribution in [0.1, 0.15) is 56.9 Å². The number of carbonyl (C=O) groups is 2. The van der Waals surface area contributed by atoms with Gasteiger partial charge in [-0.05, 0) is 62.5 Å². The van der Waals surface area contributed by atoms with Crippen LogP contribution in [0.4, 0.5) is 5.00 Å². The Morgan fingerprint density at radius 2 is 1.82 bits per heavy atom. The van der Waals surface area contributed by atoms with E-state index in [1.54, 1.807) is 0 Å². The van der Waals surface area contributed by atoms with E-state index in [1.807, 2.05) is 23.0 Å². The fraction of sp³-hybridized carbons (Fsp3) is 0.478. The molecule has 3 aromatic heterocycles. The van der Waals surface area contributed by atoms with Crippen molar-refractivity contribution in [2.45, 2.75) is 56.5 Å². The normalized spacial score (nSPS) is 15.1. The molecular formula is C23H26N4O3S3. The lowest BCUT2D eigenvalue weighted by Gasteiger charge is -2.12. The molecule has 0 atom stereocenters. The molecule has 2 aliphatic rings. The molecule has 7 nitrogen and oxygen atoms in total. The Labute approximate surface area is 204 Å². The van der Waals surface area contributed by atoms with E-state index < -0.39 is 0 Å². The summed E-state index contributed by atoms with van der Waals surface area (Å²) in [6.07, 6.45) is 8.69. The van der Waals surface area contributed by atoms with Crippen molar-refractivity contribution in [2.24, 2.45) is 7.05 Å². The Bertz CT molecular complexity index is 1210. The largest absolute Gasteiger partial charge is 0.465 e. The summed E-state index contributed by atoms with van der Waals surface area (Å²) in [5.41, 5.74) is 4.15. The van der Waals surface area contributed by atoms with E-state index >= 15 is 0 Å². The lowest BCUT2D eigenvalue weighted by Crippen LogP contribution is -2.17. The molecule has 2 aliphatic carbocycles. The lowest BCUT2D eigenvalue weighted by molar-refractivity contribution is -0.113. The maximum atomic E-state index is 12.8. The fourth-order valence-corrected chi connectivity index (χ4v) is 7.75. The second-order valence-corrected chi connectivity index (χ2v) is 11.4. The van der Waals surface area contributed by atoms with Crippen molar-refractivity contribution in [1.29, 1.82) is 0 Å². The fourth-order valence-electron chi connectivity index (χ4n) is 4.62. The number of hydrogen-bond donors (Lipinski definition) is 1. The maximum absolute atomic E-state index is 12.8. The summed E-state index contributed by atoms with van der Waals surface area (Å²) in [4.78, 5) is 27.8. The Morgan fingerprint density at radius 3 is 2.61 bits per heavy atom. The summed E-state index contributed by atoms with van der Waals surface area (Å²) in [5, 5.41) is 15.2. The van der Waals surface area contributed by atoms with Crippen molar-refractivity contribution < 1.29 is 14.3 Å². The van der Waals surface area contributed by atoms with Gasteiger partial charge in [0.05, 0.1) is 18.4 Å². The first-order valence-corrected chi connectivity index (χ1v) is 13.9. The minimum atomic E-state index is -0.380. The van der Waals surface area contributed by atoms with Crippen molar-refractivity contribution in [3.8, 4) is 11.4 Å². The number of aryl methyl sites for hydroxylation is 2. The van der Waals surface area contributed by atoms with Crippen molar-refractivity contribution in [2.75, 3.05) is 18.2 Å². The summed E-state index contributed by atoms with van der Waals surface area (Å²) >= 11 is 4.67. The van der Waals surface area contributed by atoms with Crippen molar-refractivity contribution >= 4 is 51.3 Å². The van der Waals surface area contributed by atoms with Gasteiger partial charge in [0.25, 0.3) is 0 Å². The second kappa shape index (κ2) is 9.60. The van der Waals surface area contributed by atoms with Crippen LogP contribution >= 0.6 is 34.4 Å². The number of aromatic nitrogens is 3. The van der Waals surface area contributed by atoms with E-state index in [4.69, 9.17) is 4.74 Å². The molecule has 0 unspecified atom stereocenters. The van der Waals surface area contributed by atoms with Gasteiger partial charge < -0.3 is 14.6 Å². The van der Waals surface area contributed by atoms with E-state index in [9.17, 15) is 9.59 Å². The second-order valence-electron chi connectivity index (χ2n) is 8.37. The SMILES string of the molecule is COC(=O)c1c(NC(=O)CSc2nnc(-c3csc4c3CCCC4)n2C)sc2c1CCCC2. The Kier molecular flexibility index (Phi) is 6.58. The van der Waals surface area contributed by atoms with Crippen LogP contribution in [0, 0.1) is 0 Å². The zero-order valence-corrected chi connectivity index (χ0v) is 21.2. The van der Waals surface area contributed by atoms with Gasteiger partial charge in [-0.25, -0.2) is 4.79 Å². The van der Waals surface area contributed by atoms with E-state index in [0.29, 0.717) is 15.7 Å². The van der Waals surface area contributed by atoms with Crippen LogP contribution in [0.3, 0.4) is 0 Å². The monoisotopic (exact) mass is 502 g/mol. The van der Waals surface area contributed by atoms with Gasteiger partial charge in [0.2, 0.25) is 5.91 Å². The number of fused-ring (bicyclic) bond motifs is 2. The van der Waals surface area contributed by atoms with Crippen LogP contribution in [-0.2, 0) is 42.3 Å². The van der Waals surface area contributed by atoms with Gasteiger partial charge in [-0.1, -0.05) is 11.8 Å². The molecule has 174 valence electrons. The van der Waals surface area contributed by atoms with E-state index in [0.717, 1.165) is 49.9 Å². The number of amides is 1. The Balaban J connectivity index is 1.29. The van der Waals surface area contributed by atoms with E-state index in [1.165, 1.54) is 63.9 Å². The average Bonchev–Trinajstić information content (AvgIpc) is 3.51. The van der Waals surface area contributed by atoms with Gasteiger partial charge in [-0.15, -0.1) is 32.9 Å². The minimum Gasteiger partial charge on any atom is -0.465 e. The third-order valence-corrected chi connectivity index (χ3v) is 9.60. The molecule has 0 radical (unpaired) electrons. The van der Waals surface area contributed by atoms with Gasteiger partial charge in [0.1, 0.15) is 5.00 Å². The van der Waals surface area contributed by atoms with Crippen LogP contribution in [0.2, 0.25) is 0 Å². The van der Waals surface area contributed by atoms with Crippen LogP contribution < -0.4 is 5.32 Å². The summed E-state index contributed by atoms with van der Waals surface area (Å²) in [5.74, 6) is 0.503. The molecule has 10 heteroatoms. The molecule has 0 bridgehead atoms. The molecule has 0 aromatic carbocycles. The highest BCUT2D eigenvalue weighted by Crippen LogP contribution is 2.39. The third kappa shape index (κ3) is 4.36. The van der Waals surface area contributed by atoms with Gasteiger partial charge in [0, 0.05) is 27.7 Å². The lowest BCUT2D eigenvalue weighted by atomic mass is 9.95. The highest BCUT2D eigenvalue weighted by atomic mass is 32.2.